The molecule has 0 amide bonds. The Morgan fingerprint density at radius 3 is 2.86 bits per heavy atom. The molecule has 0 aliphatic heterocycles. The zero-order valence-corrected chi connectivity index (χ0v) is 10.8. The van der Waals surface area contributed by atoms with Gasteiger partial charge in [0.1, 0.15) is 22.8 Å². The van der Waals surface area contributed by atoms with Crippen molar-refractivity contribution < 1.29 is 8.81 Å². The highest BCUT2D eigenvalue weighted by Crippen LogP contribution is 2.22. The molecule has 102 valence electrons. The minimum absolute atomic E-state index is 0.324. The molecule has 4 rings (SSSR count). The van der Waals surface area contributed by atoms with E-state index in [9.17, 15) is 9.18 Å². The van der Waals surface area contributed by atoms with Crippen molar-refractivity contribution in [1.29, 1.82) is 0 Å². The zero-order chi connectivity index (χ0) is 14.4. The fourth-order valence-corrected chi connectivity index (χ4v) is 2.34. The van der Waals surface area contributed by atoms with Crippen molar-refractivity contribution in [2.75, 3.05) is 0 Å². The third kappa shape index (κ3) is 1.90. The molecule has 0 spiro atoms. The number of hydrogen-bond acceptors (Lipinski definition) is 3. The Kier molecular flexibility index (Phi) is 2.41. The molecular formula is C16H9FN2O2. The topological polar surface area (TPSA) is 58.9 Å². The van der Waals surface area contributed by atoms with Crippen LogP contribution < -0.4 is 5.63 Å². The second-order valence-electron chi connectivity index (χ2n) is 4.73. The number of nitrogens with one attached hydrogen (secondary N) is 1. The van der Waals surface area contributed by atoms with Gasteiger partial charge in [-0.3, -0.25) is 0 Å². The normalized spacial score (nSPS) is 11.3. The van der Waals surface area contributed by atoms with Gasteiger partial charge in [-0.2, -0.15) is 0 Å². The van der Waals surface area contributed by atoms with Gasteiger partial charge in [0.2, 0.25) is 0 Å². The van der Waals surface area contributed by atoms with Crippen molar-refractivity contribution in [1.82, 2.24) is 9.97 Å². The Balaban J connectivity index is 1.99. The van der Waals surface area contributed by atoms with Crippen LogP contribution in [0.4, 0.5) is 4.39 Å². The van der Waals surface area contributed by atoms with E-state index in [1.54, 1.807) is 24.3 Å². The predicted molar refractivity (Wildman–Crippen MR) is 77.5 cm³/mol. The maximum Gasteiger partial charge on any atom is 0.347 e. The average molecular weight is 280 g/mol. The number of rotatable bonds is 1. The lowest BCUT2D eigenvalue weighted by molar-refractivity contribution is 0.563. The molecule has 5 heteroatoms. The zero-order valence-electron chi connectivity index (χ0n) is 10.8. The van der Waals surface area contributed by atoms with Crippen LogP contribution in [-0.2, 0) is 0 Å². The van der Waals surface area contributed by atoms with Crippen molar-refractivity contribution in [3.05, 3.63) is 64.8 Å². The molecule has 0 saturated heterocycles. The summed E-state index contributed by atoms with van der Waals surface area (Å²) in [6.45, 7) is 0. The number of aromatic nitrogens is 2. The lowest BCUT2D eigenvalue weighted by atomic mass is 10.2. The van der Waals surface area contributed by atoms with Crippen LogP contribution in [0.2, 0.25) is 0 Å². The van der Waals surface area contributed by atoms with Crippen molar-refractivity contribution in [3.63, 3.8) is 0 Å². The van der Waals surface area contributed by atoms with E-state index >= 15 is 0 Å². The van der Waals surface area contributed by atoms with E-state index in [0.717, 1.165) is 5.39 Å². The summed E-state index contributed by atoms with van der Waals surface area (Å²) in [5.41, 5.74) is 1.50. The summed E-state index contributed by atoms with van der Waals surface area (Å²) in [6.07, 6.45) is 0. The quantitative estimate of drug-likeness (QED) is 0.543. The molecule has 2 aromatic heterocycles. The monoisotopic (exact) mass is 280 g/mol. The van der Waals surface area contributed by atoms with Crippen LogP contribution in [0.5, 0.6) is 0 Å². The van der Waals surface area contributed by atoms with Gasteiger partial charge in [0.25, 0.3) is 0 Å². The lowest BCUT2D eigenvalue weighted by Crippen LogP contribution is -2.03. The number of fused-ring (bicyclic) bond motifs is 2. The highest BCUT2D eigenvalue weighted by atomic mass is 19.1. The van der Waals surface area contributed by atoms with Gasteiger partial charge >= 0.3 is 5.63 Å². The first kappa shape index (κ1) is 11.8. The van der Waals surface area contributed by atoms with Crippen molar-refractivity contribution >= 4 is 22.0 Å². The largest absolute Gasteiger partial charge is 0.422 e. The minimum atomic E-state index is -0.478. The smallest absolute Gasteiger partial charge is 0.347 e. The number of nitrogens with zero attached hydrogens (tertiary/aromatic N) is 1. The highest BCUT2D eigenvalue weighted by Gasteiger charge is 2.12. The molecule has 21 heavy (non-hydrogen) atoms. The third-order valence-corrected chi connectivity index (χ3v) is 3.34. The first-order valence-electron chi connectivity index (χ1n) is 6.39. The van der Waals surface area contributed by atoms with E-state index in [4.69, 9.17) is 4.42 Å². The van der Waals surface area contributed by atoms with E-state index in [1.165, 1.54) is 12.1 Å². The molecule has 4 aromatic rings. The molecule has 0 aliphatic rings. The summed E-state index contributed by atoms with van der Waals surface area (Å²) in [6, 6.07) is 13.2. The molecule has 2 aromatic carbocycles. The van der Waals surface area contributed by atoms with Crippen LogP contribution in [0.15, 0.2) is 57.7 Å². The summed E-state index contributed by atoms with van der Waals surface area (Å²) < 4.78 is 18.5. The van der Waals surface area contributed by atoms with E-state index in [-0.39, 0.29) is 5.82 Å². The molecule has 1 N–H and O–H groups in total. The Morgan fingerprint density at radius 1 is 1.10 bits per heavy atom. The number of halogens is 1. The van der Waals surface area contributed by atoms with Gasteiger partial charge in [-0.25, -0.2) is 14.2 Å². The fourth-order valence-electron chi connectivity index (χ4n) is 2.34. The second kappa shape index (κ2) is 4.28. The lowest BCUT2D eigenvalue weighted by Gasteiger charge is -1.98. The van der Waals surface area contributed by atoms with E-state index in [2.05, 4.69) is 9.97 Å². The van der Waals surface area contributed by atoms with Crippen LogP contribution in [0.1, 0.15) is 0 Å². The number of benzene rings is 2. The van der Waals surface area contributed by atoms with Gasteiger partial charge in [0.05, 0.1) is 11.0 Å². The Bertz CT molecular complexity index is 1030. The van der Waals surface area contributed by atoms with Crippen molar-refractivity contribution in [2.24, 2.45) is 0 Å². The standard InChI is InChI=1S/C16H9FN2O2/c17-10-5-6-12-13(8-10)19-15(18-12)11-7-9-3-1-2-4-14(9)21-16(11)20/h1-8H,(H,18,19). The van der Waals surface area contributed by atoms with Crippen LogP contribution >= 0.6 is 0 Å². The Labute approximate surface area is 117 Å². The molecule has 0 fully saturated rings. The molecule has 0 unspecified atom stereocenters. The number of H-pyrrole nitrogens is 1. The SMILES string of the molecule is O=c1oc2ccccc2cc1-c1nc2ccc(F)cc2[nH]1. The Morgan fingerprint density at radius 2 is 1.95 bits per heavy atom. The number of para-hydroxylation sites is 1. The molecule has 0 bridgehead atoms. The van der Waals surface area contributed by atoms with Crippen molar-refractivity contribution in [3.8, 4) is 11.4 Å². The molecule has 2 heterocycles. The summed E-state index contributed by atoms with van der Waals surface area (Å²) in [7, 11) is 0. The predicted octanol–water partition coefficient (Wildman–Crippen LogP) is 3.48. The van der Waals surface area contributed by atoms with Crippen LogP contribution in [0.25, 0.3) is 33.4 Å². The minimum Gasteiger partial charge on any atom is -0.422 e. The highest BCUT2D eigenvalue weighted by molar-refractivity contribution is 5.83. The number of hydrogen-bond donors (Lipinski definition) is 1. The fraction of sp³-hybridized carbons (Fsp3) is 0. The van der Waals surface area contributed by atoms with E-state index in [1.807, 2.05) is 12.1 Å². The number of imidazole rings is 1. The van der Waals surface area contributed by atoms with Gasteiger partial charge in [0.15, 0.2) is 0 Å². The molecule has 0 radical (unpaired) electrons. The van der Waals surface area contributed by atoms with Crippen LogP contribution in [0, 0.1) is 5.82 Å². The first-order chi connectivity index (χ1) is 10.2. The van der Waals surface area contributed by atoms with Gasteiger partial charge in [-0.15, -0.1) is 0 Å². The maximum atomic E-state index is 13.2. The first-order valence-corrected chi connectivity index (χ1v) is 6.39. The van der Waals surface area contributed by atoms with Gasteiger partial charge in [-0.05, 0) is 30.3 Å². The summed E-state index contributed by atoms with van der Waals surface area (Å²) in [5, 5.41) is 0.804. The van der Waals surface area contributed by atoms with Gasteiger partial charge < -0.3 is 9.40 Å². The molecular weight excluding hydrogens is 271 g/mol. The molecule has 4 nitrogen and oxygen atoms in total. The summed E-state index contributed by atoms with van der Waals surface area (Å²) in [4.78, 5) is 19.3. The Hall–Kier alpha value is -2.95. The maximum absolute atomic E-state index is 13.2. The van der Waals surface area contributed by atoms with Gasteiger partial charge in [-0.1, -0.05) is 18.2 Å². The summed E-state index contributed by atoms with van der Waals surface area (Å²) >= 11 is 0. The second-order valence-corrected chi connectivity index (χ2v) is 4.73. The van der Waals surface area contributed by atoms with Gasteiger partial charge in [0, 0.05) is 5.39 Å². The van der Waals surface area contributed by atoms with Crippen molar-refractivity contribution in [2.45, 2.75) is 0 Å². The average Bonchev–Trinajstić information content (AvgIpc) is 2.89. The van der Waals surface area contributed by atoms with E-state index < -0.39 is 5.63 Å². The van der Waals surface area contributed by atoms with E-state index in [0.29, 0.717) is 28.0 Å². The summed E-state index contributed by atoms with van der Waals surface area (Å²) in [5.74, 6) is 0.0124. The molecule has 0 saturated carbocycles. The molecule has 0 atom stereocenters. The number of aromatic amines is 1. The van der Waals surface area contributed by atoms with Crippen LogP contribution in [-0.4, -0.2) is 9.97 Å². The third-order valence-electron chi connectivity index (χ3n) is 3.34. The van der Waals surface area contributed by atoms with Crippen LogP contribution in [0.3, 0.4) is 0 Å². The molecule has 0 aliphatic carbocycles.